The van der Waals surface area contributed by atoms with E-state index in [1.54, 1.807) is 12.1 Å². The predicted molar refractivity (Wildman–Crippen MR) is 114 cm³/mol. The van der Waals surface area contributed by atoms with Gasteiger partial charge in [-0.15, -0.1) is 0 Å². The molecule has 3 aromatic carbocycles. The molecule has 4 rings (SSSR count). The largest absolute Gasteiger partial charge is 0.494 e. The number of carbonyl (C=O) groups excluding carboxylic acids is 1. The molecule has 0 atom stereocenters. The molecule has 1 aliphatic rings. The fourth-order valence-corrected chi connectivity index (χ4v) is 3.45. The molecule has 0 aliphatic carbocycles. The van der Waals surface area contributed by atoms with Crippen LogP contribution in [0.25, 0.3) is 10.8 Å². The third-order valence-corrected chi connectivity index (χ3v) is 5.79. The Morgan fingerprint density at radius 2 is 1.53 bits per heavy atom. The summed E-state index contributed by atoms with van der Waals surface area (Å²) in [5.74, 6) is -1.96. The Labute approximate surface area is 174 Å². The van der Waals surface area contributed by atoms with E-state index in [1.165, 1.54) is 0 Å². The molecule has 4 nitrogen and oxygen atoms in total. The molecular formula is C23H22BF2NO3. The van der Waals surface area contributed by atoms with Gasteiger partial charge in [0.25, 0.3) is 5.91 Å². The average molecular weight is 409 g/mol. The summed E-state index contributed by atoms with van der Waals surface area (Å²) in [5.41, 5.74) is 0.412. The van der Waals surface area contributed by atoms with E-state index in [1.807, 2.05) is 52.0 Å². The molecule has 1 aliphatic heterocycles. The van der Waals surface area contributed by atoms with Crippen molar-refractivity contribution in [3.63, 3.8) is 0 Å². The number of carbonyl (C=O) groups is 1. The zero-order valence-electron chi connectivity index (χ0n) is 17.3. The molecule has 0 unspecified atom stereocenters. The molecule has 7 heteroatoms. The maximum atomic E-state index is 13.4. The van der Waals surface area contributed by atoms with Crippen LogP contribution < -0.4 is 10.8 Å². The summed E-state index contributed by atoms with van der Waals surface area (Å²) < 4.78 is 39.1. The summed E-state index contributed by atoms with van der Waals surface area (Å²) >= 11 is 0. The summed E-state index contributed by atoms with van der Waals surface area (Å²) in [5, 5.41) is 4.10. The number of hydrogen-bond donors (Lipinski definition) is 1. The maximum absolute atomic E-state index is 13.4. The van der Waals surface area contributed by atoms with Crippen molar-refractivity contribution in [2.24, 2.45) is 0 Å². The normalized spacial score (nSPS) is 17.3. The molecule has 1 fully saturated rings. The van der Waals surface area contributed by atoms with Crippen molar-refractivity contribution in [1.82, 2.24) is 0 Å². The van der Waals surface area contributed by atoms with Crippen LogP contribution in [0.2, 0.25) is 0 Å². The van der Waals surface area contributed by atoms with E-state index in [0.717, 1.165) is 29.0 Å². The Kier molecular flexibility index (Phi) is 4.91. The van der Waals surface area contributed by atoms with Crippen molar-refractivity contribution in [2.45, 2.75) is 38.9 Å². The zero-order valence-corrected chi connectivity index (χ0v) is 17.3. The first-order chi connectivity index (χ1) is 14.1. The van der Waals surface area contributed by atoms with E-state index in [4.69, 9.17) is 9.31 Å². The minimum absolute atomic E-state index is 0.0586. The molecule has 0 radical (unpaired) electrons. The topological polar surface area (TPSA) is 47.6 Å². The predicted octanol–water partition coefficient (Wildman–Crippen LogP) is 4.67. The van der Waals surface area contributed by atoms with Gasteiger partial charge in [0.2, 0.25) is 0 Å². The van der Waals surface area contributed by atoms with Crippen LogP contribution in [0.5, 0.6) is 0 Å². The Morgan fingerprint density at radius 3 is 2.17 bits per heavy atom. The number of amides is 1. The second-order valence-electron chi connectivity index (χ2n) is 8.49. The van der Waals surface area contributed by atoms with Gasteiger partial charge in [-0.2, -0.15) is 0 Å². The van der Waals surface area contributed by atoms with Crippen LogP contribution in [-0.4, -0.2) is 24.2 Å². The van der Waals surface area contributed by atoms with Crippen LogP contribution in [0.15, 0.2) is 54.6 Å². The van der Waals surface area contributed by atoms with Gasteiger partial charge < -0.3 is 14.6 Å². The number of rotatable bonds is 3. The smallest absolute Gasteiger partial charge is 0.399 e. The molecule has 30 heavy (non-hydrogen) atoms. The van der Waals surface area contributed by atoms with Gasteiger partial charge in [0.05, 0.1) is 11.2 Å². The van der Waals surface area contributed by atoms with Gasteiger partial charge >= 0.3 is 7.12 Å². The number of anilines is 1. The fraction of sp³-hybridized carbons (Fsp3) is 0.261. The van der Waals surface area contributed by atoms with Crippen molar-refractivity contribution in [3.05, 3.63) is 71.8 Å². The Hall–Kier alpha value is -2.77. The van der Waals surface area contributed by atoms with Gasteiger partial charge in [-0.1, -0.05) is 30.3 Å². The van der Waals surface area contributed by atoms with Crippen molar-refractivity contribution in [2.75, 3.05) is 5.32 Å². The third kappa shape index (κ3) is 3.71. The highest BCUT2D eigenvalue weighted by atomic mass is 19.1. The lowest BCUT2D eigenvalue weighted by Crippen LogP contribution is -2.41. The van der Waals surface area contributed by atoms with Crippen LogP contribution in [0, 0.1) is 11.6 Å². The Morgan fingerprint density at radius 1 is 0.900 bits per heavy atom. The van der Waals surface area contributed by atoms with E-state index in [0.29, 0.717) is 10.9 Å². The van der Waals surface area contributed by atoms with Crippen LogP contribution in [0.4, 0.5) is 14.5 Å². The first-order valence-electron chi connectivity index (χ1n) is 9.71. The van der Waals surface area contributed by atoms with Gasteiger partial charge in [0.1, 0.15) is 11.6 Å². The number of nitrogens with one attached hydrogen (secondary N) is 1. The third-order valence-electron chi connectivity index (χ3n) is 5.79. The quantitative estimate of drug-likeness (QED) is 0.640. The number of fused-ring (bicyclic) bond motifs is 1. The minimum atomic E-state index is -0.754. The lowest BCUT2D eigenvalue weighted by atomic mass is 9.78. The summed E-state index contributed by atoms with van der Waals surface area (Å²) in [6, 6.07) is 13.8. The van der Waals surface area contributed by atoms with E-state index in [-0.39, 0.29) is 5.69 Å². The fourth-order valence-electron chi connectivity index (χ4n) is 3.45. The molecule has 3 aromatic rings. The molecule has 1 saturated heterocycles. The Balaban J connectivity index is 1.64. The van der Waals surface area contributed by atoms with Gasteiger partial charge in [-0.3, -0.25) is 4.79 Å². The average Bonchev–Trinajstić information content (AvgIpc) is 2.87. The second-order valence-corrected chi connectivity index (χ2v) is 8.49. The summed E-state index contributed by atoms with van der Waals surface area (Å²) in [6.07, 6.45) is 0. The van der Waals surface area contributed by atoms with E-state index in [2.05, 4.69) is 5.32 Å². The maximum Gasteiger partial charge on any atom is 0.494 e. The van der Waals surface area contributed by atoms with E-state index in [9.17, 15) is 13.6 Å². The van der Waals surface area contributed by atoms with Gasteiger partial charge in [-0.25, -0.2) is 8.78 Å². The van der Waals surface area contributed by atoms with Crippen LogP contribution in [0.3, 0.4) is 0 Å². The molecule has 0 aromatic heterocycles. The molecule has 1 amide bonds. The minimum Gasteiger partial charge on any atom is -0.399 e. The molecule has 154 valence electrons. The monoisotopic (exact) mass is 409 g/mol. The summed E-state index contributed by atoms with van der Waals surface area (Å²) in [7, 11) is -0.507. The molecule has 1 heterocycles. The van der Waals surface area contributed by atoms with Crippen molar-refractivity contribution in [3.8, 4) is 0 Å². The highest BCUT2D eigenvalue weighted by Crippen LogP contribution is 2.36. The standard InChI is InChI=1S/C23H22BF2NO3/c1-22(2)23(3,4)30-24(29-22)15-8-9-19-14(10-15)6-5-7-20(19)21(28)27-18-12-16(25)11-17(26)13-18/h5-13H,1-4H3,(H,27,28). The second kappa shape index (κ2) is 7.18. The van der Waals surface area contributed by atoms with Gasteiger partial charge in [0.15, 0.2) is 0 Å². The summed E-state index contributed by atoms with van der Waals surface area (Å²) in [6.45, 7) is 7.97. The summed E-state index contributed by atoms with van der Waals surface area (Å²) in [4.78, 5) is 12.8. The first-order valence-corrected chi connectivity index (χ1v) is 9.71. The zero-order chi connectivity index (χ0) is 21.7. The molecule has 0 bridgehead atoms. The van der Waals surface area contributed by atoms with E-state index < -0.39 is 35.9 Å². The lowest BCUT2D eigenvalue weighted by Gasteiger charge is -2.32. The SMILES string of the molecule is CC1(C)OB(c2ccc3c(C(=O)Nc4cc(F)cc(F)c4)cccc3c2)OC1(C)C. The molecule has 0 saturated carbocycles. The van der Waals surface area contributed by atoms with Crippen molar-refractivity contribution in [1.29, 1.82) is 0 Å². The van der Waals surface area contributed by atoms with Crippen molar-refractivity contribution < 1.29 is 22.9 Å². The van der Waals surface area contributed by atoms with E-state index >= 15 is 0 Å². The van der Waals surface area contributed by atoms with Crippen molar-refractivity contribution >= 4 is 34.9 Å². The number of benzene rings is 3. The molecule has 0 spiro atoms. The van der Waals surface area contributed by atoms with Gasteiger partial charge in [0, 0.05) is 17.3 Å². The highest BCUT2D eigenvalue weighted by Gasteiger charge is 2.51. The molecule has 1 N–H and O–H groups in total. The van der Waals surface area contributed by atoms with Crippen LogP contribution >= 0.6 is 0 Å². The van der Waals surface area contributed by atoms with Crippen LogP contribution in [-0.2, 0) is 9.31 Å². The molecular weight excluding hydrogens is 387 g/mol. The number of halogens is 2. The highest BCUT2D eigenvalue weighted by molar-refractivity contribution is 6.62. The first kappa shape index (κ1) is 20.5. The van der Waals surface area contributed by atoms with Gasteiger partial charge in [-0.05, 0) is 62.1 Å². The van der Waals surface area contributed by atoms with Crippen LogP contribution in [0.1, 0.15) is 38.1 Å². The Bertz CT molecular complexity index is 1110. The lowest BCUT2D eigenvalue weighted by molar-refractivity contribution is 0.00578. The number of hydrogen-bond acceptors (Lipinski definition) is 3.